The highest BCUT2D eigenvalue weighted by Gasteiger charge is 2.40. The van der Waals surface area contributed by atoms with E-state index in [4.69, 9.17) is 16.3 Å². The van der Waals surface area contributed by atoms with Crippen LogP contribution in [0.3, 0.4) is 0 Å². The van der Waals surface area contributed by atoms with Crippen LogP contribution in [0.2, 0.25) is 5.02 Å². The van der Waals surface area contributed by atoms with Crippen LogP contribution in [0.4, 0.5) is 0 Å². The van der Waals surface area contributed by atoms with Crippen LogP contribution in [-0.4, -0.2) is 58.5 Å². The van der Waals surface area contributed by atoms with Gasteiger partial charge in [0.05, 0.1) is 23.1 Å². The van der Waals surface area contributed by atoms with Gasteiger partial charge in [-0.05, 0) is 99.8 Å². The fourth-order valence-electron chi connectivity index (χ4n) is 5.01. The van der Waals surface area contributed by atoms with Crippen molar-refractivity contribution >= 4 is 40.2 Å². The maximum Gasteiger partial charge on any atom is 0.249 e. The number of thioether (sulfide) groups is 1. The molecule has 0 radical (unpaired) electrons. The molecular weight excluding hydrogens is 496 g/mol. The zero-order valence-electron chi connectivity index (χ0n) is 20.6. The zero-order chi connectivity index (χ0) is 25.4. The minimum absolute atomic E-state index is 0.276. The van der Waals surface area contributed by atoms with Crippen molar-refractivity contribution in [1.82, 2.24) is 20.3 Å². The van der Waals surface area contributed by atoms with Gasteiger partial charge in [0, 0.05) is 28.9 Å². The average molecular weight is 529 g/mol. The van der Waals surface area contributed by atoms with Crippen molar-refractivity contribution in [2.45, 2.75) is 43.4 Å². The standard InChI is InChI=1S/C27H33ClN4O3S/c1-35-20-7-8-25-23(17-20)22(24(28)19-30-25)6-2-9-27(26(33)31-34)10-14-32(15-11-27)13-4-16-36-21-5-3-12-29-18-21/h3,5,7-8,12,17-19,34H,2,4,6,9-11,13-16H2,1H3,(H,31,33). The molecule has 7 nitrogen and oxygen atoms in total. The lowest BCUT2D eigenvalue weighted by Crippen LogP contribution is -2.48. The largest absolute Gasteiger partial charge is 0.497 e. The SMILES string of the molecule is COc1ccc2ncc(Cl)c(CCCC3(C(=O)NO)CCN(CCCSc4cccnc4)CC3)c2c1. The molecule has 1 aliphatic rings. The Morgan fingerprint density at radius 1 is 1.25 bits per heavy atom. The highest BCUT2D eigenvalue weighted by Crippen LogP contribution is 2.38. The number of hydrogen-bond donors (Lipinski definition) is 2. The van der Waals surface area contributed by atoms with Crippen LogP contribution in [-0.2, 0) is 11.2 Å². The van der Waals surface area contributed by atoms with Gasteiger partial charge in [-0.25, -0.2) is 5.48 Å². The monoisotopic (exact) mass is 528 g/mol. The Kier molecular flexibility index (Phi) is 9.42. The van der Waals surface area contributed by atoms with E-state index in [-0.39, 0.29) is 5.91 Å². The molecule has 1 fully saturated rings. The molecule has 1 saturated heterocycles. The summed E-state index contributed by atoms with van der Waals surface area (Å²) in [6.07, 6.45) is 10.1. The van der Waals surface area contributed by atoms with Gasteiger partial charge in [0.1, 0.15) is 5.75 Å². The number of piperidine rings is 1. The van der Waals surface area contributed by atoms with Crippen molar-refractivity contribution in [2.75, 3.05) is 32.5 Å². The first kappa shape index (κ1) is 26.7. The summed E-state index contributed by atoms with van der Waals surface area (Å²) in [5.41, 5.74) is 3.27. The number of carbonyl (C=O) groups is 1. The van der Waals surface area contributed by atoms with Crippen LogP contribution < -0.4 is 10.2 Å². The fraction of sp³-hybridized carbons (Fsp3) is 0.444. The van der Waals surface area contributed by atoms with Gasteiger partial charge in [-0.1, -0.05) is 11.6 Å². The number of nitrogens with one attached hydrogen (secondary N) is 1. The smallest absolute Gasteiger partial charge is 0.249 e. The van der Waals surface area contributed by atoms with Gasteiger partial charge >= 0.3 is 0 Å². The minimum atomic E-state index is -0.567. The summed E-state index contributed by atoms with van der Waals surface area (Å²) in [7, 11) is 1.64. The van der Waals surface area contributed by atoms with Gasteiger partial charge in [0.15, 0.2) is 0 Å². The second-order valence-electron chi connectivity index (χ2n) is 9.27. The average Bonchev–Trinajstić information content (AvgIpc) is 2.93. The molecule has 0 atom stereocenters. The number of rotatable bonds is 11. The molecule has 2 N–H and O–H groups in total. The summed E-state index contributed by atoms with van der Waals surface area (Å²) in [6, 6.07) is 9.82. The molecule has 36 heavy (non-hydrogen) atoms. The van der Waals surface area contributed by atoms with Gasteiger partial charge in [-0.3, -0.25) is 20.0 Å². The number of carbonyl (C=O) groups excluding carboxylic acids is 1. The number of methoxy groups -OCH3 is 1. The minimum Gasteiger partial charge on any atom is -0.497 e. The van der Waals surface area contributed by atoms with Crippen molar-refractivity contribution in [3.8, 4) is 5.75 Å². The fourth-order valence-corrected chi connectivity index (χ4v) is 6.08. The predicted octanol–water partition coefficient (Wildman–Crippen LogP) is 5.38. The molecule has 0 aliphatic carbocycles. The zero-order valence-corrected chi connectivity index (χ0v) is 22.2. The quantitative estimate of drug-likeness (QED) is 0.149. The second kappa shape index (κ2) is 12.7. The third kappa shape index (κ3) is 6.48. The Morgan fingerprint density at radius 2 is 2.08 bits per heavy atom. The van der Waals surface area contributed by atoms with Crippen molar-refractivity contribution in [3.05, 3.63) is 59.5 Å². The molecule has 4 rings (SSSR count). The van der Waals surface area contributed by atoms with E-state index in [0.29, 0.717) is 11.4 Å². The molecule has 0 spiro atoms. The highest BCUT2D eigenvalue weighted by molar-refractivity contribution is 7.99. The first-order valence-corrected chi connectivity index (χ1v) is 13.7. The number of pyridine rings is 2. The van der Waals surface area contributed by atoms with Crippen LogP contribution in [0.1, 0.15) is 37.7 Å². The van der Waals surface area contributed by atoms with Crippen LogP contribution in [0, 0.1) is 5.41 Å². The number of benzene rings is 1. The molecule has 3 aromatic rings. The molecule has 192 valence electrons. The third-order valence-electron chi connectivity index (χ3n) is 7.13. The first-order chi connectivity index (χ1) is 17.5. The number of likely N-dealkylation sites (tertiary alicyclic amines) is 1. The van der Waals surface area contributed by atoms with Crippen LogP contribution in [0.5, 0.6) is 5.75 Å². The van der Waals surface area contributed by atoms with Crippen molar-refractivity contribution in [1.29, 1.82) is 0 Å². The van der Waals surface area contributed by atoms with Gasteiger partial charge < -0.3 is 9.64 Å². The number of amides is 1. The summed E-state index contributed by atoms with van der Waals surface area (Å²) < 4.78 is 5.39. The molecule has 0 unspecified atom stereocenters. The van der Waals surface area contributed by atoms with E-state index in [9.17, 15) is 10.0 Å². The Morgan fingerprint density at radius 3 is 2.81 bits per heavy atom. The molecule has 3 heterocycles. The Bertz CT molecular complexity index is 1160. The Balaban J connectivity index is 1.32. The van der Waals surface area contributed by atoms with Gasteiger partial charge in [-0.15, -0.1) is 11.8 Å². The molecule has 2 aromatic heterocycles. The molecular formula is C27H33ClN4O3S. The summed E-state index contributed by atoms with van der Waals surface area (Å²) in [4.78, 5) is 25.0. The number of aromatic nitrogens is 2. The number of aryl methyl sites for hydroxylation is 1. The van der Waals surface area contributed by atoms with E-state index in [1.54, 1.807) is 19.5 Å². The van der Waals surface area contributed by atoms with E-state index in [2.05, 4.69) is 20.9 Å². The normalized spacial score (nSPS) is 15.6. The summed E-state index contributed by atoms with van der Waals surface area (Å²) in [6.45, 7) is 2.70. The van der Waals surface area contributed by atoms with E-state index in [0.717, 1.165) is 79.7 Å². The number of halogens is 1. The van der Waals surface area contributed by atoms with E-state index < -0.39 is 5.41 Å². The predicted molar refractivity (Wildman–Crippen MR) is 144 cm³/mol. The molecule has 0 bridgehead atoms. The number of hydroxylamine groups is 1. The molecule has 9 heteroatoms. The Hall–Kier alpha value is -2.39. The van der Waals surface area contributed by atoms with Gasteiger partial charge in [0.2, 0.25) is 5.91 Å². The van der Waals surface area contributed by atoms with E-state index in [1.165, 1.54) is 4.90 Å². The van der Waals surface area contributed by atoms with Crippen LogP contribution >= 0.6 is 23.4 Å². The summed E-state index contributed by atoms with van der Waals surface area (Å²) in [5.74, 6) is 1.52. The van der Waals surface area contributed by atoms with Crippen LogP contribution in [0.25, 0.3) is 10.9 Å². The van der Waals surface area contributed by atoms with E-state index in [1.807, 2.05) is 47.7 Å². The molecule has 1 aromatic carbocycles. The molecule has 1 aliphatic heterocycles. The van der Waals surface area contributed by atoms with Gasteiger partial charge in [0.25, 0.3) is 0 Å². The lowest BCUT2D eigenvalue weighted by Gasteiger charge is -2.40. The second-order valence-corrected chi connectivity index (χ2v) is 10.9. The first-order valence-electron chi connectivity index (χ1n) is 12.4. The Labute approximate surface area is 221 Å². The van der Waals surface area contributed by atoms with Crippen molar-refractivity contribution in [2.24, 2.45) is 5.41 Å². The molecule has 1 amide bonds. The number of hydrogen-bond acceptors (Lipinski definition) is 7. The maximum atomic E-state index is 12.8. The molecule has 0 saturated carbocycles. The number of nitrogens with zero attached hydrogens (tertiary/aromatic N) is 3. The topological polar surface area (TPSA) is 87.6 Å². The summed E-state index contributed by atoms with van der Waals surface area (Å²) in [5, 5.41) is 11.1. The lowest BCUT2D eigenvalue weighted by molar-refractivity contribution is -0.143. The maximum absolute atomic E-state index is 12.8. The highest BCUT2D eigenvalue weighted by atomic mass is 35.5. The van der Waals surface area contributed by atoms with Crippen molar-refractivity contribution in [3.63, 3.8) is 0 Å². The third-order valence-corrected chi connectivity index (χ3v) is 8.53. The van der Waals surface area contributed by atoms with E-state index >= 15 is 0 Å². The van der Waals surface area contributed by atoms with Crippen LogP contribution in [0.15, 0.2) is 53.8 Å². The summed E-state index contributed by atoms with van der Waals surface area (Å²) >= 11 is 8.35. The number of ether oxygens (including phenoxy) is 1. The lowest BCUT2D eigenvalue weighted by atomic mass is 9.73. The number of fused-ring (bicyclic) bond motifs is 1. The van der Waals surface area contributed by atoms with Gasteiger partial charge in [-0.2, -0.15) is 0 Å². The van der Waals surface area contributed by atoms with Crippen molar-refractivity contribution < 1.29 is 14.7 Å².